The number of rotatable bonds is 8. The van der Waals surface area contributed by atoms with Crippen molar-refractivity contribution >= 4 is 17.9 Å². The van der Waals surface area contributed by atoms with Crippen molar-refractivity contribution in [1.29, 1.82) is 0 Å². The van der Waals surface area contributed by atoms with Gasteiger partial charge in [-0.3, -0.25) is 9.08 Å². The van der Waals surface area contributed by atoms with Gasteiger partial charge in [-0.1, -0.05) is 0 Å². The molecule has 0 spiro atoms. The average molecular weight is 325 g/mol. The third-order valence-corrected chi connectivity index (χ3v) is 3.25. The van der Waals surface area contributed by atoms with Crippen LogP contribution in [0.15, 0.2) is 0 Å². The normalized spacial score (nSPS) is 19.7. The highest BCUT2D eigenvalue weighted by atomic mass is 32.2. The van der Waals surface area contributed by atoms with E-state index >= 15 is 0 Å². The smallest absolute Gasteiger partial charge is 0.389 e. The van der Waals surface area contributed by atoms with Crippen molar-refractivity contribution in [3.8, 4) is 0 Å². The Labute approximate surface area is 108 Å². The fraction of sp³-hybridized carbons (Fsp3) is 1.00. The summed E-state index contributed by atoms with van der Waals surface area (Å²) in [5.74, 6) is -1.24. The number of nitrogens with two attached hydrogens (primary N) is 1. The van der Waals surface area contributed by atoms with Gasteiger partial charge in [0, 0.05) is 0 Å². The zero-order valence-corrected chi connectivity index (χ0v) is 11.2. The van der Waals surface area contributed by atoms with E-state index in [4.69, 9.17) is 20.1 Å². The molecule has 0 rings (SSSR count). The average Bonchev–Trinajstić information content (AvgIpc) is 2.20. The molecule has 13 heteroatoms. The highest BCUT2D eigenvalue weighted by Crippen LogP contribution is 2.35. The van der Waals surface area contributed by atoms with Gasteiger partial charge >= 0.3 is 7.82 Å². The van der Waals surface area contributed by atoms with Crippen LogP contribution in [0.2, 0.25) is 0 Å². The summed E-state index contributed by atoms with van der Waals surface area (Å²) in [7, 11) is -9.40. The van der Waals surface area contributed by atoms with Gasteiger partial charge in [0.2, 0.25) is 0 Å². The lowest BCUT2D eigenvalue weighted by Gasteiger charge is -2.26. The maximum atomic E-state index is 10.4. The molecule has 0 aliphatic heterocycles. The fourth-order valence-electron chi connectivity index (χ4n) is 1.08. The molecule has 116 valence electrons. The highest BCUT2D eigenvalue weighted by molar-refractivity contribution is 7.85. The van der Waals surface area contributed by atoms with Gasteiger partial charge in [0.15, 0.2) is 0 Å². The molecule has 4 atom stereocenters. The maximum absolute atomic E-state index is 10.4. The molecule has 0 aromatic carbocycles. The second kappa shape index (κ2) is 7.04. The highest BCUT2D eigenvalue weighted by Gasteiger charge is 2.33. The molecule has 0 aromatic rings. The van der Waals surface area contributed by atoms with Crippen molar-refractivity contribution in [2.24, 2.45) is 5.73 Å². The number of aliphatic hydroxyl groups excluding tert-OH is 3. The van der Waals surface area contributed by atoms with Gasteiger partial charge in [0.05, 0.1) is 24.9 Å². The minimum absolute atomic E-state index is 0.846. The minimum Gasteiger partial charge on any atom is -0.389 e. The van der Waals surface area contributed by atoms with E-state index in [2.05, 4.69) is 4.52 Å². The molecule has 0 aliphatic carbocycles. The summed E-state index contributed by atoms with van der Waals surface area (Å²) in [6.07, 6.45) is -6.02. The Balaban J connectivity index is 4.46. The first-order valence-corrected chi connectivity index (χ1v) is 7.92. The number of hydrogen-bond acceptors (Lipinski definition) is 8. The standard InChI is InChI=1S/C6H16NO10PS/c7-3(1-17-18(11,12)13)5(9)6(10)4(8)2-19(14,15)16/h3-6,8-10H,1-2,7H2,(H2,11,12,13)(H,14,15,16)/t3?,4-,5-,6-/m1/s1. The first-order chi connectivity index (χ1) is 8.33. The number of aliphatic hydroxyl groups is 3. The third kappa shape index (κ3) is 8.60. The zero-order chi connectivity index (χ0) is 15.4. The lowest BCUT2D eigenvalue weighted by atomic mass is 10.0. The van der Waals surface area contributed by atoms with Gasteiger partial charge < -0.3 is 30.8 Å². The van der Waals surface area contributed by atoms with Crippen LogP contribution in [0.3, 0.4) is 0 Å². The lowest BCUT2D eigenvalue weighted by molar-refractivity contribution is -0.0650. The second-order valence-electron chi connectivity index (χ2n) is 3.75. The summed E-state index contributed by atoms with van der Waals surface area (Å²) in [4.78, 5) is 16.8. The monoisotopic (exact) mass is 325 g/mol. The van der Waals surface area contributed by atoms with E-state index in [1.165, 1.54) is 0 Å². The van der Waals surface area contributed by atoms with E-state index in [1.807, 2.05) is 0 Å². The Kier molecular flexibility index (Phi) is 6.99. The number of hydrogen-bond donors (Lipinski definition) is 7. The zero-order valence-electron chi connectivity index (χ0n) is 9.47. The van der Waals surface area contributed by atoms with E-state index in [-0.39, 0.29) is 0 Å². The molecule has 0 aliphatic rings. The van der Waals surface area contributed by atoms with Crippen LogP contribution in [0.5, 0.6) is 0 Å². The molecule has 8 N–H and O–H groups in total. The van der Waals surface area contributed by atoms with Crippen LogP contribution in [0.25, 0.3) is 0 Å². The molecule has 0 amide bonds. The fourth-order valence-corrected chi connectivity index (χ4v) is 2.07. The Bertz CT molecular complexity index is 420. The van der Waals surface area contributed by atoms with Crippen molar-refractivity contribution in [3.05, 3.63) is 0 Å². The van der Waals surface area contributed by atoms with Crippen LogP contribution in [-0.4, -0.2) is 74.8 Å². The SMILES string of the molecule is NC(COP(=O)(O)O)[C@@H](O)[C@H](O)[C@H](O)CS(=O)(=O)O. The Morgan fingerprint density at radius 2 is 1.63 bits per heavy atom. The lowest BCUT2D eigenvalue weighted by Crippen LogP contribution is -2.51. The van der Waals surface area contributed by atoms with Crippen molar-refractivity contribution in [2.45, 2.75) is 24.4 Å². The van der Waals surface area contributed by atoms with E-state index in [9.17, 15) is 28.3 Å². The van der Waals surface area contributed by atoms with Crippen molar-refractivity contribution in [1.82, 2.24) is 0 Å². The largest absolute Gasteiger partial charge is 0.469 e. The maximum Gasteiger partial charge on any atom is 0.469 e. The molecule has 1 unspecified atom stereocenters. The molecular weight excluding hydrogens is 309 g/mol. The van der Waals surface area contributed by atoms with E-state index in [1.54, 1.807) is 0 Å². The summed E-state index contributed by atoms with van der Waals surface area (Å²) in [6, 6.07) is -1.50. The first kappa shape index (κ1) is 18.9. The molecule has 0 heterocycles. The van der Waals surface area contributed by atoms with Crippen molar-refractivity contribution in [3.63, 3.8) is 0 Å². The predicted octanol–water partition coefficient (Wildman–Crippen LogP) is -3.61. The second-order valence-corrected chi connectivity index (χ2v) is 6.48. The van der Waals surface area contributed by atoms with Crippen molar-refractivity contribution < 1.29 is 47.2 Å². The van der Waals surface area contributed by atoms with Crippen LogP contribution in [0.4, 0.5) is 0 Å². The van der Waals surface area contributed by atoms with Crippen LogP contribution in [-0.2, 0) is 19.2 Å². The molecule has 0 saturated heterocycles. The van der Waals surface area contributed by atoms with Gasteiger partial charge in [-0.15, -0.1) is 0 Å². The first-order valence-electron chi connectivity index (χ1n) is 4.78. The molecule has 0 fully saturated rings. The van der Waals surface area contributed by atoms with Crippen LogP contribution >= 0.6 is 7.82 Å². The van der Waals surface area contributed by atoms with Crippen LogP contribution in [0, 0.1) is 0 Å². The van der Waals surface area contributed by atoms with Gasteiger partial charge in [-0.2, -0.15) is 8.42 Å². The molecule has 19 heavy (non-hydrogen) atoms. The quantitative estimate of drug-likeness (QED) is 0.171. The predicted molar refractivity (Wildman–Crippen MR) is 60.4 cm³/mol. The summed E-state index contributed by atoms with van der Waals surface area (Å²) in [5.41, 5.74) is 5.23. The molecule has 0 saturated carbocycles. The van der Waals surface area contributed by atoms with Gasteiger partial charge in [0.1, 0.15) is 11.9 Å². The summed E-state index contributed by atoms with van der Waals surface area (Å²) >= 11 is 0. The Morgan fingerprint density at radius 3 is 2.00 bits per heavy atom. The molecular formula is C6H16NO10PS. The summed E-state index contributed by atoms with van der Waals surface area (Å²) in [6.45, 7) is -0.846. The van der Waals surface area contributed by atoms with Crippen LogP contribution < -0.4 is 5.73 Å². The number of phosphoric ester groups is 1. The Morgan fingerprint density at radius 1 is 1.16 bits per heavy atom. The van der Waals surface area contributed by atoms with E-state index in [0.717, 1.165) is 0 Å². The van der Waals surface area contributed by atoms with Crippen LogP contribution in [0.1, 0.15) is 0 Å². The molecule has 11 nitrogen and oxygen atoms in total. The molecule has 0 aromatic heterocycles. The molecule has 0 bridgehead atoms. The van der Waals surface area contributed by atoms with Gasteiger partial charge in [0.25, 0.3) is 10.1 Å². The van der Waals surface area contributed by atoms with Gasteiger partial charge in [-0.05, 0) is 0 Å². The summed E-state index contributed by atoms with van der Waals surface area (Å²) < 4.78 is 43.6. The Hall–Kier alpha value is -0.140. The summed E-state index contributed by atoms with van der Waals surface area (Å²) in [5, 5.41) is 28.0. The topological polar surface area (TPSA) is 208 Å². The minimum atomic E-state index is -4.82. The van der Waals surface area contributed by atoms with E-state index < -0.39 is 54.7 Å². The van der Waals surface area contributed by atoms with Crippen molar-refractivity contribution in [2.75, 3.05) is 12.4 Å². The number of phosphoric acid groups is 1. The third-order valence-electron chi connectivity index (χ3n) is 2.00. The van der Waals surface area contributed by atoms with Gasteiger partial charge in [-0.25, -0.2) is 4.57 Å². The molecule has 0 radical (unpaired) electrons. The van der Waals surface area contributed by atoms with E-state index in [0.29, 0.717) is 0 Å².